The molecule has 0 bridgehead atoms. The lowest BCUT2D eigenvalue weighted by Crippen LogP contribution is -2.26. The van der Waals surface area contributed by atoms with Crippen molar-refractivity contribution in [1.82, 2.24) is 19.5 Å². The van der Waals surface area contributed by atoms with Crippen molar-refractivity contribution in [3.05, 3.63) is 42.0 Å². The number of carboxylic acids is 1. The second-order valence-electron chi connectivity index (χ2n) is 4.31. The lowest BCUT2D eigenvalue weighted by atomic mass is 10.2. The van der Waals surface area contributed by atoms with Gasteiger partial charge in [-0.1, -0.05) is 0 Å². The Bertz CT molecular complexity index is 737. The van der Waals surface area contributed by atoms with Crippen LogP contribution in [0.15, 0.2) is 35.5 Å². The number of nitrogens with one attached hydrogen (secondary N) is 1. The molecule has 0 saturated heterocycles. The summed E-state index contributed by atoms with van der Waals surface area (Å²) < 4.78 is 28.0. The Hall–Kier alpha value is -2.26. The number of benzene rings is 1. The maximum atomic E-state index is 12.0. The van der Waals surface area contributed by atoms with E-state index in [2.05, 4.69) is 14.8 Å². The summed E-state index contributed by atoms with van der Waals surface area (Å²) in [5.41, 5.74) is 0.0339. The Balaban J connectivity index is 1.99. The molecule has 0 fully saturated rings. The maximum absolute atomic E-state index is 12.0. The molecule has 1 aromatic carbocycles. The molecule has 0 spiro atoms. The molecule has 9 heteroatoms. The molecule has 0 aliphatic rings. The van der Waals surface area contributed by atoms with Gasteiger partial charge in [-0.3, -0.25) is 4.68 Å². The van der Waals surface area contributed by atoms with Crippen LogP contribution in [0.25, 0.3) is 0 Å². The number of aromatic carboxylic acids is 1. The largest absolute Gasteiger partial charge is 0.478 e. The number of aromatic nitrogens is 3. The fourth-order valence-corrected chi connectivity index (χ4v) is 2.69. The lowest BCUT2D eigenvalue weighted by Gasteiger charge is -2.06. The number of carbonyl (C=O) groups is 1. The van der Waals surface area contributed by atoms with E-state index >= 15 is 0 Å². The zero-order valence-electron chi connectivity index (χ0n) is 11.2. The van der Waals surface area contributed by atoms with Crippen LogP contribution in [0.5, 0.6) is 0 Å². The van der Waals surface area contributed by atoms with Gasteiger partial charge in [-0.2, -0.15) is 5.10 Å². The molecule has 2 rings (SSSR count). The summed E-state index contributed by atoms with van der Waals surface area (Å²) in [4.78, 5) is 14.7. The van der Waals surface area contributed by atoms with Crippen LogP contribution in [0.3, 0.4) is 0 Å². The lowest BCUT2D eigenvalue weighted by molar-refractivity contribution is 0.0696. The highest BCUT2D eigenvalue weighted by Crippen LogP contribution is 2.10. The average molecular weight is 310 g/mol. The number of nitrogens with zero attached hydrogens (tertiary/aromatic N) is 3. The number of hydrogen-bond donors (Lipinski definition) is 2. The molecular weight excluding hydrogens is 296 g/mol. The van der Waals surface area contributed by atoms with E-state index in [0.717, 1.165) is 0 Å². The van der Waals surface area contributed by atoms with Gasteiger partial charge in [0.05, 0.1) is 10.5 Å². The summed E-state index contributed by atoms with van der Waals surface area (Å²) in [7, 11) is -1.94. The van der Waals surface area contributed by atoms with Gasteiger partial charge in [-0.05, 0) is 24.3 Å². The SMILES string of the molecule is Cn1cnc(CCNS(=O)(=O)c2ccc(C(=O)O)cc2)n1. The Morgan fingerprint density at radius 1 is 1.33 bits per heavy atom. The van der Waals surface area contributed by atoms with Gasteiger partial charge in [0.1, 0.15) is 6.33 Å². The normalized spacial score (nSPS) is 11.5. The summed E-state index contributed by atoms with van der Waals surface area (Å²) in [5, 5.41) is 12.8. The fraction of sp³-hybridized carbons (Fsp3) is 0.250. The third-order valence-electron chi connectivity index (χ3n) is 2.70. The molecule has 1 aromatic heterocycles. The van der Waals surface area contributed by atoms with E-state index in [-0.39, 0.29) is 17.0 Å². The Morgan fingerprint density at radius 3 is 2.52 bits per heavy atom. The fourth-order valence-electron chi connectivity index (χ4n) is 1.66. The van der Waals surface area contributed by atoms with Crippen molar-refractivity contribution < 1.29 is 18.3 Å². The zero-order valence-corrected chi connectivity index (χ0v) is 12.0. The van der Waals surface area contributed by atoms with Crippen LogP contribution in [0.2, 0.25) is 0 Å². The first-order chi connectivity index (χ1) is 9.88. The summed E-state index contributed by atoms with van der Waals surface area (Å²) in [6.45, 7) is 0.160. The van der Waals surface area contributed by atoms with Gasteiger partial charge in [0.15, 0.2) is 5.82 Å². The molecule has 8 nitrogen and oxygen atoms in total. The summed E-state index contributed by atoms with van der Waals surface area (Å²) in [5.74, 6) is -0.561. The van der Waals surface area contributed by atoms with E-state index in [0.29, 0.717) is 12.2 Å². The molecule has 0 aliphatic carbocycles. The molecule has 21 heavy (non-hydrogen) atoms. The molecule has 0 saturated carbocycles. The van der Waals surface area contributed by atoms with Crippen LogP contribution in [-0.4, -0.2) is 40.8 Å². The molecule has 2 N–H and O–H groups in total. The predicted molar refractivity (Wildman–Crippen MR) is 73.3 cm³/mol. The van der Waals surface area contributed by atoms with Crippen LogP contribution in [-0.2, 0) is 23.5 Å². The van der Waals surface area contributed by atoms with Crippen molar-refractivity contribution in [2.75, 3.05) is 6.54 Å². The molecule has 2 aromatic rings. The molecule has 1 heterocycles. The highest BCUT2D eigenvalue weighted by atomic mass is 32.2. The number of hydrogen-bond acceptors (Lipinski definition) is 5. The molecule has 112 valence electrons. The molecule has 0 unspecified atom stereocenters. The van der Waals surface area contributed by atoms with E-state index in [1.807, 2.05) is 0 Å². The number of sulfonamides is 1. The summed E-state index contributed by atoms with van der Waals surface area (Å²) in [6, 6.07) is 5.00. The molecule has 0 radical (unpaired) electrons. The predicted octanol–water partition coefficient (Wildman–Crippen LogP) is 0.0343. The number of rotatable bonds is 6. The molecule has 0 amide bonds. The van der Waals surface area contributed by atoms with Crippen molar-refractivity contribution in [3.8, 4) is 0 Å². The highest BCUT2D eigenvalue weighted by molar-refractivity contribution is 7.89. The van der Waals surface area contributed by atoms with Gasteiger partial charge in [0, 0.05) is 20.0 Å². The maximum Gasteiger partial charge on any atom is 0.335 e. The number of aryl methyl sites for hydroxylation is 1. The van der Waals surface area contributed by atoms with E-state index in [9.17, 15) is 13.2 Å². The van der Waals surface area contributed by atoms with Crippen LogP contribution in [0, 0.1) is 0 Å². The smallest absolute Gasteiger partial charge is 0.335 e. The highest BCUT2D eigenvalue weighted by Gasteiger charge is 2.14. The van der Waals surface area contributed by atoms with Gasteiger partial charge in [0.25, 0.3) is 0 Å². The minimum Gasteiger partial charge on any atom is -0.478 e. The average Bonchev–Trinajstić information content (AvgIpc) is 2.84. The van der Waals surface area contributed by atoms with Gasteiger partial charge in [-0.15, -0.1) is 0 Å². The van der Waals surface area contributed by atoms with E-state index < -0.39 is 16.0 Å². The monoisotopic (exact) mass is 310 g/mol. The third kappa shape index (κ3) is 3.86. The van der Waals surface area contributed by atoms with Crippen molar-refractivity contribution in [1.29, 1.82) is 0 Å². The molecular formula is C12H14N4O4S. The zero-order chi connectivity index (χ0) is 15.5. The third-order valence-corrected chi connectivity index (χ3v) is 4.18. The van der Waals surface area contributed by atoms with E-state index in [1.165, 1.54) is 35.3 Å². The first-order valence-electron chi connectivity index (χ1n) is 6.06. The van der Waals surface area contributed by atoms with Crippen LogP contribution < -0.4 is 4.72 Å². The number of carboxylic acid groups (broad SMARTS) is 1. The summed E-state index contributed by atoms with van der Waals surface area (Å²) >= 11 is 0. The molecule has 0 atom stereocenters. The van der Waals surface area contributed by atoms with Crippen LogP contribution in [0.4, 0.5) is 0 Å². The van der Waals surface area contributed by atoms with Crippen molar-refractivity contribution >= 4 is 16.0 Å². The van der Waals surface area contributed by atoms with Gasteiger partial charge in [-0.25, -0.2) is 22.9 Å². The van der Waals surface area contributed by atoms with E-state index in [4.69, 9.17) is 5.11 Å². The topological polar surface area (TPSA) is 114 Å². The second kappa shape index (κ2) is 6.02. The van der Waals surface area contributed by atoms with Crippen molar-refractivity contribution in [2.24, 2.45) is 7.05 Å². The Morgan fingerprint density at radius 2 is 2.00 bits per heavy atom. The first kappa shape index (κ1) is 15.1. The van der Waals surface area contributed by atoms with Crippen LogP contribution in [0.1, 0.15) is 16.2 Å². The van der Waals surface area contributed by atoms with Crippen molar-refractivity contribution in [2.45, 2.75) is 11.3 Å². The standard InChI is InChI=1S/C12H14N4O4S/c1-16-8-13-11(15-16)6-7-14-21(19,20)10-4-2-9(3-5-10)12(17)18/h2-5,8,14H,6-7H2,1H3,(H,17,18). The quantitative estimate of drug-likeness (QED) is 0.778. The Kier molecular flexibility index (Phi) is 4.34. The van der Waals surface area contributed by atoms with Gasteiger partial charge >= 0.3 is 5.97 Å². The van der Waals surface area contributed by atoms with Crippen LogP contribution >= 0.6 is 0 Å². The van der Waals surface area contributed by atoms with Crippen molar-refractivity contribution in [3.63, 3.8) is 0 Å². The van der Waals surface area contributed by atoms with Gasteiger partial charge < -0.3 is 5.11 Å². The summed E-state index contributed by atoms with van der Waals surface area (Å²) in [6.07, 6.45) is 1.90. The first-order valence-corrected chi connectivity index (χ1v) is 7.54. The van der Waals surface area contributed by atoms with Gasteiger partial charge in [0.2, 0.25) is 10.0 Å². The Labute approximate surface area is 121 Å². The minimum absolute atomic E-state index is 0.0153. The second-order valence-corrected chi connectivity index (χ2v) is 6.08. The minimum atomic E-state index is -3.67. The van der Waals surface area contributed by atoms with E-state index in [1.54, 1.807) is 7.05 Å². The molecule has 0 aliphatic heterocycles.